The van der Waals surface area contributed by atoms with E-state index < -0.39 is 6.35 Å². The van der Waals surface area contributed by atoms with Crippen LogP contribution in [0.3, 0.4) is 0 Å². The van der Waals surface area contributed by atoms with Gasteiger partial charge in [0.2, 0.25) is 0 Å². The largest absolute Gasteiger partial charge is 1.00 e. The van der Waals surface area contributed by atoms with Crippen molar-refractivity contribution < 1.29 is 34.2 Å². The third-order valence-corrected chi connectivity index (χ3v) is 5.39. The standard InChI is InChI=1S/C14H25BClO.Na/c1-17-15(11-3-2-4-12-16)13-7-5-8-14(15)10-6-9-13;/h3,11,13-14H,2,4-10,12H2,1H3;/q-1;+1/b11-3+;. The van der Waals surface area contributed by atoms with Gasteiger partial charge in [-0.15, -0.1) is 29.3 Å². The van der Waals surface area contributed by atoms with Crippen LogP contribution in [0.1, 0.15) is 51.4 Å². The SMILES string of the molecule is CO[B-]1(/C=C/CCCCl)C2CCCC1CCC2.[Na+]. The zero-order valence-corrected chi connectivity index (χ0v) is 14.8. The summed E-state index contributed by atoms with van der Waals surface area (Å²) in [4.78, 5) is 0. The van der Waals surface area contributed by atoms with Crippen molar-refractivity contribution >= 4 is 17.9 Å². The first-order valence-electron chi connectivity index (χ1n) is 7.29. The Labute approximate surface area is 139 Å². The van der Waals surface area contributed by atoms with Crippen molar-refractivity contribution in [3.63, 3.8) is 0 Å². The molecule has 2 heterocycles. The van der Waals surface area contributed by atoms with Crippen LogP contribution >= 0.6 is 11.6 Å². The maximum atomic E-state index is 6.07. The summed E-state index contributed by atoms with van der Waals surface area (Å²) in [6, 6.07) is 0. The molecule has 2 aliphatic heterocycles. The van der Waals surface area contributed by atoms with Crippen LogP contribution in [0.5, 0.6) is 0 Å². The first-order valence-corrected chi connectivity index (χ1v) is 7.82. The van der Waals surface area contributed by atoms with Crippen LogP contribution in [0.25, 0.3) is 0 Å². The zero-order valence-electron chi connectivity index (χ0n) is 12.0. The number of alkyl halides is 1. The second kappa shape index (κ2) is 8.37. The molecule has 0 amide bonds. The summed E-state index contributed by atoms with van der Waals surface area (Å²) in [6.45, 7) is 0. The van der Waals surface area contributed by atoms with Crippen molar-refractivity contribution in [2.45, 2.75) is 63.0 Å². The molecule has 2 fully saturated rings. The maximum Gasteiger partial charge on any atom is 1.00 e. The molecule has 4 heteroatoms. The van der Waals surface area contributed by atoms with Gasteiger partial charge in [-0.2, -0.15) is 0 Å². The van der Waals surface area contributed by atoms with E-state index in [0.29, 0.717) is 0 Å². The first-order chi connectivity index (χ1) is 8.33. The average Bonchev–Trinajstić information content (AvgIpc) is 2.34. The number of halogens is 1. The summed E-state index contributed by atoms with van der Waals surface area (Å²) < 4.78 is 6.07. The van der Waals surface area contributed by atoms with Gasteiger partial charge in [-0.1, -0.05) is 38.5 Å². The summed E-state index contributed by atoms with van der Waals surface area (Å²) in [5.41, 5.74) is 0. The van der Waals surface area contributed by atoms with Crippen molar-refractivity contribution in [3.05, 3.63) is 12.1 Å². The predicted octanol–water partition coefficient (Wildman–Crippen LogP) is 1.80. The fourth-order valence-corrected chi connectivity index (χ4v) is 4.44. The van der Waals surface area contributed by atoms with E-state index in [0.717, 1.165) is 30.4 Å². The number of rotatable bonds is 5. The summed E-state index contributed by atoms with van der Waals surface area (Å²) in [5, 5.41) is 0. The maximum absolute atomic E-state index is 6.07. The second-order valence-corrected chi connectivity index (χ2v) is 6.24. The molecule has 0 radical (unpaired) electrons. The Balaban J connectivity index is 0.00000162. The normalized spacial score (nSPS) is 35.4. The van der Waals surface area contributed by atoms with Gasteiger partial charge in [0.1, 0.15) is 6.35 Å². The van der Waals surface area contributed by atoms with Crippen LogP contribution in [-0.4, -0.2) is 19.3 Å². The Hall–Kier alpha value is 1.05. The Morgan fingerprint density at radius 3 is 2.17 bits per heavy atom. The van der Waals surface area contributed by atoms with Gasteiger partial charge in [0.15, 0.2) is 0 Å². The summed E-state index contributed by atoms with van der Waals surface area (Å²) >= 11 is 5.73. The molecule has 98 valence electrons. The van der Waals surface area contributed by atoms with Crippen molar-refractivity contribution in [2.24, 2.45) is 0 Å². The van der Waals surface area contributed by atoms with E-state index >= 15 is 0 Å². The Morgan fingerprint density at radius 1 is 1.17 bits per heavy atom. The molecule has 1 nitrogen and oxygen atoms in total. The predicted molar refractivity (Wildman–Crippen MR) is 77.1 cm³/mol. The molecular weight excluding hydrogens is 253 g/mol. The second-order valence-electron chi connectivity index (χ2n) is 5.86. The Kier molecular flexibility index (Phi) is 7.95. The molecule has 0 atom stereocenters. The van der Waals surface area contributed by atoms with Crippen molar-refractivity contribution in [1.82, 2.24) is 0 Å². The van der Waals surface area contributed by atoms with Gasteiger partial charge in [-0.25, -0.2) is 5.98 Å². The quantitative estimate of drug-likeness (QED) is 0.423. The van der Waals surface area contributed by atoms with Crippen molar-refractivity contribution in [1.29, 1.82) is 0 Å². The molecule has 0 saturated carbocycles. The Bertz CT molecular complexity index is 251. The van der Waals surface area contributed by atoms with E-state index in [9.17, 15) is 0 Å². The minimum absolute atomic E-state index is 0. The monoisotopic (exact) mass is 278 g/mol. The fraction of sp³-hybridized carbons (Fsp3) is 0.857. The molecule has 2 rings (SSSR count). The molecule has 0 aromatic carbocycles. The van der Waals surface area contributed by atoms with Crippen LogP contribution in [0.2, 0.25) is 11.6 Å². The molecule has 0 N–H and O–H groups in total. The van der Waals surface area contributed by atoms with Gasteiger partial charge in [-0.3, -0.25) is 0 Å². The number of hydrogen-bond donors (Lipinski definition) is 0. The molecule has 0 aromatic rings. The molecule has 2 saturated heterocycles. The van der Waals surface area contributed by atoms with Crippen molar-refractivity contribution in [2.75, 3.05) is 13.0 Å². The van der Waals surface area contributed by atoms with E-state index in [1.807, 2.05) is 7.11 Å². The van der Waals surface area contributed by atoms with Gasteiger partial charge < -0.3 is 4.65 Å². The molecule has 18 heavy (non-hydrogen) atoms. The minimum atomic E-state index is -0.677. The van der Waals surface area contributed by atoms with E-state index in [4.69, 9.17) is 16.3 Å². The Morgan fingerprint density at radius 2 is 1.72 bits per heavy atom. The van der Waals surface area contributed by atoms with Gasteiger partial charge in [0.05, 0.1) is 0 Å². The summed E-state index contributed by atoms with van der Waals surface area (Å²) in [7, 11) is 1.93. The van der Waals surface area contributed by atoms with Crippen LogP contribution in [0.4, 0.5) is 0 Å². The van der Waals surface area contributed by atoms with Gasteiger partial charge in [-0.05, 0) is 20.0 Å². The molecule has 2 bridgehead atoms. The molecule has 2 aliphatic rings. The molecule has 0 aliphatic carbocycles. The van der Waals surface area contributed by atoms with Gasteiger partial charge >= 0.3 is 29.6 Å². The van der Waals surface area contributed by atoms with E-state index in [2.05, 4.69) is 12.1 Å². The summed E-state index contributed by atoms with van der Waals surface area (Å²) in [6.07, 6.45) is 12.2. The third-order valence-electron chi connectivity index (χ3n) is 5.12. The average molecular weight is 279 g/mol. The fourth-order valence-electron chi connectivity index (χ4n) is 4.28. The zero-order chi connectivity index (χ0) is 12.1. The molecular formula is C14H25BClNaO. The minimum Gasteiger partial charge on any atom is -0.588 e. The van der Waals surface area contributed by atoms with Crippen molar-refractivity contribution in [3.8, 4) is 0 Å². The molecule has 0 unspecified atom stereocenters. The molecule has 0 aromatic heterocycles. The van der Waals surface area contributed by atoms with Crippen LogP contribution in [0, 0.1) is 0 Å². The smallest absolute Gasteiger partial charge is 0.588 e. The van der Waals surface area contributed by atoms with E-state index in [-0.39, 0.29) is 29.6 Å². The van der Waals surface area contributed by atoms with Gasteiger partial charge in [0, 0.05) is 5.88 Å². The summed E-state index contributed by atoms with van der Waals surface area (Å²) in [5.74, 6) is 4.85. The number of fused-ring (bicyclic) bond motifs is 2. The third kappa shape index (κ3) is 3.58. The van der Waals surface area contributed by atoms with Crippen LogP contribution in [-0.2, 0) is 4.65 Å². The van der Waals surface area contributed by atoms with E-state index in [1.165, 1.54) is 38.5 Å². The number of hydrogen-bond acceptors (Lipinski definition) is 1. The topological polar surface area (TPSA) is 9.23 Å². The van der Waals surface area contributed by atoms with Gasteiger partial charge in [0.25, 0.3) is 0 Å². The number of unbranched alkanes of at least 4 members (excludes halogenated alkanes) is 1. The number of allylic oxidation sites excluding steroid dienone is 1. The molecule has 0 spiro atoms. The van der Waals surface area contributed by atoms with Crippen LogP contribution < -0.4 is 29.6 Å². The van der Waals surface area contributed by atoms with Crippen LogP contribution in [0.15, 0.2) is 12.1 Å². The van der Waals surface area contributed by atoms with E-state index in [1.54, 1.807) is 0 Å². The first kappa shape index (κ1) is 17.1.